The molecule has 0 amide bonds. The third-order valence-electron chi connectivity index (χ3n) is 3.65. The molecule has 0 saturated carbocycles. The highest BCUT2D eigenvalue weighted by molar-refractivity contribution is 7.13. The van der Waals surface area contributed by atoms with Crippen molar-refractivity contribution in [2.45, 2.75) is 13.5 Å². The summed E-state index contributed by atoms with van der Waals surface area (Å²) < 4.78 is 15.6. The van der Waals surface area contributed by atoms with E-state index in [0.717, 1.165) is 10.4 Å². The maximum absolute atomic E-state index is 12.5. The smallest absolute Gasteiger partial charge is 0.344 e. The van der Waals surface area contributed by atoms with Crippen LogP contribution in [0.3, 0.4) is 0 Å². The molecule has 0 aliphatic carbocycles. The van der Waals surface area contributed by atoms with Crippen LogP contribution in [0.25, 0.3) is 22.0 Å². The molecule has 0 atom stereocenters. The number of ether oxygens (including phenoxy) is 1. The van der Waals surface area contributed by atoms with Gasteiger partial charge < -0.3 is 13.8 Å². The van der Waals surface area contributed by atoms with Gasteiger partial charge in [-0.3, -0.25) is 0 Å². The minimum absolute atomic E-state index is 0.129. The molecule has 0 aliphatic rings. The zero-order valence-corrected chi connectivity index (χ0v) is 14.5. The number of thiophene rings is 1. The Morgan fingerprint density at radius 2 is 1.96 bits per heavy atom. The number of rotatable bonds is 5. The van der Waals surface area contributed by atoms with Crippen LogP contribution in [-0.4, -0.2) is 21.3 Å². The Morgan fingerprint density at radius 3 is 2.73 bits per heavy atom. The Kier molecular flexibility index (Phi) is 4.32. The summed E-state index contributed by atoms with van der Waals surface area (Å²) in [6.07, 6.45) is 0. The topological polar surface area (TPSA) is 91.2 Å². The normalized spacial score (nSPS) is 10.8. The number of hydrogen-bond acceptors (Lipinski definition) is 8. The van der Waals surface area contributed by atoms with Gasteiger partial charge >= 0.3 is 5.97 Å². The maximum atomic E-state index is 12.5. The lowest BCUT2D eigenvalue weighted by molar-refractivity contribution is 0.0428. The van der Waals surface area contributed by atoms with E-state index in [1.165, 1.54) is 11.3 Å². The third-order valence-corrected chi connectivity index (χ3v) is 4.52. The van der Waals surface area contributed by atoms with Crippen LogP contribution >= 0.6 is 11.3 Å². The zero-order valence-electron chi connectivity index (χ0n) is 13.7. The van der Waals surface area contributed by atoms with Crippen molar-refractivity contribution in [2.24, 2.45) is 0 Å². The molecule has 26 heavy (non-hydrogen) atoms. The number of hydrogen-bond donors (Lipinski definition) is 0. The van der Waals surface area contributed by atoms with Gasteiger partial charge in [0.25, 0.3) is 5.89 Å². The first-order valence-electron chi connectivity index (χ1n) is 7.77. The quantitative estimate of drug-likeness (QED) is 0.490. The largest absolute Gasteiger partial charge is 0.452 e. The van der Waals surface area contributed by atoms with Crippen molar-refractivity contribution in [3.05, 3.63) is 65.1 Å². The average Bonchev–Trinajstić information content (AvgIpc) is 3.40. The molecule has 0 N–H and O–H groups in total. The monoisotopic (exact) mass is 367 g/mol. The van der Waals surface area contributed by atoms with Gasteiger partial charge in [-0.25, -0.2) is 4.79 Å². The van der Waals surface area contributed by atoms with E-state index >= 15 is 0 Å². The molecule has 3 aromatic heterocycles. The molecule has 0 unspecified atom stereocenters. The number of aromatic nitrogens is 3. The lowest BCUT2D eigenvalue weighted by atomic mass is 10.1. The fourth-order valence-corrected chi connectivity index (χ4v) is 3.07. The van der Waals surface area contributed by atoms with Crippen molar-refractivity contribution < 1.29 is 18.6 Å². The summed E-state index contributed by atoms with van der Waals surface area (Å²) in [6, 6.07) is 13.1. The molecule has 4 aromatic rings. The Balaban J connectivity index is 1.50. The highest BCUT2D eigenvalue weighted by Gasteiger charge is 2.23. The fraction of sp³-hybridized carbons (Fsp3) is 0.111. The molecule has 0 aliphatic heterocycles. The fourth-order valence-electron chi connectivity index (χ4n) is 2.42. The third kappa shape index (κ3) is 3.14. The van der Waals surface area contributed by atoms with Gasteiger partial charge in [0.15, 0.2) is 6.61 Å². The number of nitrogens with zero attached hydrogens (tertiary/aromatic N) is 3. The van der Waals surface area contributed by atoms with Crippen LogP contribution in [0.2, 0.25) is 0 Å². The molecule has 3 heterocycles. The standard InChI is InChI=1S/C18H13N3O4S/c1-11-15(16(20-24-11)12-6-3-2-4-7-12)18(22)23-10-14-19-17(21-25-14)13-8-5-9-26-13/h2-9H,10H2,1H3. The van der Waals surface area contributed by atoms with Crippen molar-refractivity contribution in [3.63, 3.8) is 0 Å². The first-order chi connectivity index (χ1) is 12.7. The number of carbonyl (C=O) groups excluding carboxylic acids is 1. The van der Waals surface area contributed by atoms with Crippen LogP contribution in [0, 0.1) is 6.92 Å². The van der Waals surface area contributed by atoms with E-state index in [1.807, 2.05) is 47.8 Å². The highest BCUT2D eigenvalue weighted by Crippen LogP contribution is 2.26. The van der Waals surface area contributed by atoms with Crippen LogP contribution in [0.5, 0.6) is 0 Å². The molecular formula is C18H13N3O4S. The van der Waals surface area contributed by atoms with Crippen molar-refractivity contribution >= 4 is 17.3 Å². The molecule has 8 heteroatoms. The van der Waals surface area contributed by atoms with Gasteiger partial charge in [0, 0.05) is 5.56 Å². The highest BCUT2D eigenvalue weighted by atomic mass is 32.1. The van der Waals surface area contributed by atoms with E-state index in [-0.39, 0.29) is 18.1 Å². The molecule has 0 fully saturated rings. The van der Waals surface area contributed by atoms with Crippen LogP contribution in [0.4, 0.5) is 0 Å². The van der Waals surface area contributed by atoms with Crippen LogP contribution in [0.15, 0.2) is 56.9 Å². The summed E-state index contributed by atoms with van der Waals surface area (Å²) in [5.74, 6) is 0.520. The van der Waals surface area contributed by atoms with Crippen molar-refractivity contribution in [1.29, 1.82) is 0 Å². The van der Waals surface area contributed by atoms with Gasteiger partial charge in [-0.05, 0) is 18.4 Å². The summed E-state index contributed by atoms with van der Waals surface area (Å²) in [5, 5.41) is 9.78. The predicted molar refractivity (Wildman–Crippen MR) is 93.4 cm³/mol. The molecule has 0 bridgehead atoms. The SMILES string of the molecule is Cc1onc(-c2ccccc2)c1C(=O)OCc1nc(-c2cccs2)no1. The summed E-state index contributed by atoms with van der Waals surface area (Å²) in [7, 11) is 0. The first-order valence-corrected chi connectivity index (χ1v) is 8.65. The summed E-state index contributed by atoms with van der Waals surface area (Å²) in [5.41, 5.74) is 1.50. The van der Waals surface area contributed by atoms with Crippen LogP contribution in [-0.2, 0) is 11.3 Å². The van der Waals surface area contributed by atoms with E-state index in [0.29, 0.717) is 17.3 Å². The van der Waals surface area contributed by atoms with Gasteiger partial charge in [0.05, 0.1) is 4.88 Å². The minimum atomic E-state index is -0.557. The molecule has 7 nitrogen and oxygen atoms in total. The second-order valence-electron chi connectivity index (χ2n) is 5.39. The predicted octanol–water partition coefficient (Wildman–Crippen LogP) is 4.12. The molecule has 130 valence electrons. The van der Waals surface area contributed by atoms with Gasteiger partial charge in [0.2, 0.25) is 5.82 Å². The first kappa shape index (κ1) is 16.2. The molecule has 0 saturated heterocycles. The molecule has 1 aromatic carbocycles. The Bertz CT molecular complexity index is 1020. The Morgan fingerprint density at radius 1 is 1.12 bits per heavy atom. The van der Waals surface area contributed by atoms with E-state index in [9.17, 15) is 4.79 Å². The van der Waals surface area contributed by atoms with E-state index in [1.54, 1.807) is 6.92 Å². The average molecular weight is 367 g/mol. The van der Waals surface area contributed by atoms with E-state index < -0.39 is 5.97 Å². The maximum Gasteiger partial charge on any atom is 0.344 e. The van der Waals surface area contributed by atoms with Crippen molar-refractivity contribution in [2.75, 3.05) is 0 Å². The van der Waals surface area contributed by atoms with Gasteiger partial charge in [-0.15, -0.1) is 11.3 Å². The second kappa shape index (κ2) is 6.93. The summed E-state index contributed by atoms with van der Waals surface area (Å²) in [6.45, 7) is 1.54. The second-order valence-corrected chi connectivity index (χ2v) is 6.34. The van der Waals surface area contributed by atoms with E-state index in [4.69, 9.17) is 13.8 Å². The van der Waals surface area contributed by atoms with Gasteiger partial charge in [-0.1, -0.05) is 46.7 Å². The van der Waals surface area contributed by atoms with Crippen LogP contribution < -0.4 is 0 Å². The van der Waals surface area contributed by atoms with E-state index in [2.05, 4.69) is 15.3 Å². The lowest BCUT2D eigenvalue weighted by Crippen LogP contribution is -2.07. The Hall–Kier alpha value is -3.26. The molecule has 0 radical (unpaired) electrons. The van der Waals surface area contributed by atoms with Crippen molar-refractivity contribution in [1.82, 2.24) is 15.3 Å². The number of carbonyl (C=O) groups is 1. The van der Waals surface area contributed by atoms with Gasteiger partial charge in [-0.2, -0.15) is 4.98 Å². The Labute approximate surface area is 152 Å². The number of esters is 1. The molecule has 4 rings (SSSR count). The minimum Gasteiger partial charge on any atom is -0.452 e. The molecule has 0 spiro atoms. The van der Waals surface area contributed by atoms with Crippen molar-refractivity contribution in [3.8, 4) is 22.0 Å². The lowest BCUT2D eigenvalue weighted by Gasteiger charge is -2.03. The summed E-state index contributed by atoms with van der Waals surface area (Å²) >= 11 is 1.50. The summed E-state index contributed by atoms with van der Waals surface area (Å²) in [4.78, 5) is 17.6. The number of aryl methyl sites for hydroxylation is 1. The number of benzene rings is 1. The molecular weight excluding hydrogens is 354 g/mol. The van der Waals surface area contributed by atoms with Crippen LogP contribution in [0.1, 0.15) is 22.0 Å². The van der Waals surface area contributed by atoms with Gasteiger partial charge in [0.1, 0.15) is 17.0 Å². The zero-order chi connectivity index (χ0) is 17.9.